The lowest BCUT2D eigenvalue weighted by atomic mass is 10.2. The number of hydrogen-bond acceptors (Lipinski definition) is 5. The zero-order valence-corrected chi connectivity index (χ0v) is 9.06. The molecule has 1 aliphatic heterocycles. The first-order chi connectivity index (χ1) is 7.72. The van der Waals surface area contributed by atoms with Crippen molar-refractivity contribution in [3.8, 4) is 11.5 Å². The van der Waals surface area contributed by atoms with E-state index in [2.05, 4.69) is 4.74 Å². The molecule has 5 heteroatoms. The molecule has 1 heterocycles. The molecular weight excluding hydrogens is 212 g/mol. The van der Waals surface area contributed by atoms with Crippen LogP contribution in [0, 0.1) is 0 Å². The first-order valence-corrected chi connectivity index (χ1v) is 4.76. The van der Waals surface area contributed by atoms with Gasteiger partial charge in [0.2, 0.25) is 0 Å². The molecule has 0 saturated heterocycles. The maximum absolute atomic E-state index is 11.6. The van der Waals surface area contributed by atoms with Crippen molar-refractivity contribution < 1.29 is 23.7 Å². The van der Waals surface area contributed by atoms with Gasteiger partial charge in [0.25, 0.3) is 0 Å². The van der Waals surface area contributed by atoms with Gasteiger partial charge in [-0.15, -0.1) is 0 Å². The number of para-hydroxylation sites is 2. The third-order valence-electron chi connectivity index (χ3n) is 2.37. The highest BCUT2D eigenvalue weighted by Gasteiger charge is 2.47. The van der Waals surface area contributed by atoms with Crippen molar-refractivity contribution in [3.05, 3.63) is 24.3 Å². The molecule has 0 radical (unpaired) electrons. The van der Waals surface area contributed by atoms with Crippen LogP contribution in [0.2, 0.25) is 0 Å². The molecule has 16 heavy (non-hydrogen) atoms. The zero-order valence-electron chi connectivity index (χ0n) is 9.06. The first-order valence-electron chi connectivity index (χ1n) is 4.76. The van der Waals surface area contributed by atoms with Crippen molar-refractivity contribution in [3.63, 3.8) is 0 Å². The monoisotopic (exact) mass is 224 g/mol. The van der Waals surface area contributed by atoms with E-state index in [1.165, 1.54) is 14.2 Å². The zero-order chi connectivity index (χ0) is 11.6. The predicted molar refractivity (Wildman–Crippen MR) is 54.3 cm³/mol. The Morgan fingerprint density at radius 3 is 2.62 bits per heavy atom. The minimum absolute atomic E-state index is 0.0345. The van der Waals surface area contributed by atoms with Crippen LogP contribution in [0.1, 0.15) is 0 Å². The largest absolute Gasteiger partial charge is 0.482 e. The van der Waals surface area contributed by atoms with Crippen molar-refractivity contribution in [2.75, 3.05) is 20.8 Å². The topological polar surface area (TPSA) is 54.0 Å². The smallest absolute Gasteiger partial charge is 0.383 e. The fourth-order valence-electron chi connectivity index (χ4n) is 1.47. The Bertz CT molecular complexity index is 403. The maximum Gasteiger partial charge on any atom is 0.383 e. The van der Waals surface area contributed by atoms with E-state index < -0.39 is 11.8 Å². The molecule has 0 saturated carbocycles. The summed E-state index contributed by atoms with van der Waals surface area (Å²) in [6.45, 7) is -0.0345. The minimum Gasteiger partial charge on any atom is -0.482 e. The highest BCUT2D eigenvalue weighted by Crippen LogP contribution is 2.35. The lowest BCUT2D eigenvalue weighted by molar-refractivity contribution is -0.221. The number of benzene rings is 1. The van der Waals surface area contributed by atoms with Crippen molar-refractivity contribution in [2.45, 2.75) is 5.79 Å². The molecule has 0 fully saturated rings. The summed E-state index contributed by atoms with van der Waals surface area (Å²) in [5.41, 5.74) is 0. The summed E-state index contributed by atoms with van der Waals surface area (Å²) in [5, 5.41) is 0. The second-order valence-electron chi connectivity index (χ2n) is 3.29. The van der Waals surface area contributed by atoms with Gasteiger partial charge in [-0.25, -0.2) is 4.79 Å². The lowest BCUT2D eigenvalue weighted by Crippen LogP contribution is -2.53. The van der Waals surface area contributed by atoms with Gasteiger partial charge < -0.3 is 18.9 Å². The van der Waals surface area contributed by atoms with Crippen LogP contribution in [-0.4, -0.2) is 32.6 Å². The Balaban J connectivity index is 2.32. The van der Waals surface area contributed by atoms with E-state index in [1.54, 1.807) is 18.2 Å². The van der Waals surface area contributed by atoms with Crippen LogP contribution >= 0.6 is 0 Å². The van der Waals surface area contributed by atoms with Crippen LogP contribution in [-0.2, 0) is 14.3 Å². The molecule has 0 amide bonds. The van der Waals surface area contributed by atoms with Crippen molar-refractivity contribution in [2.24, 2.45) is 0 Å². The van der Waals surface area contributed by atoms with E-state index >= 15 is 0 Å². The lowest BCUT2D eigenvalue weighted by Gasteiger charge is -2.34. The standard InChI is InChI=1S/C11H12O5/c1-13-10(12)11(14-2)7-15-8-5-3-4-6-9(8)16-11/h3-6H,7H2,1-2H3/t11-/m0/s1. The second-order valence-corrected chi connectivity index (χ2v) is 3.29. The summed E-state index contributed by atoms with van der Waals surface area (Å²) in [6.07, 6.45) is 0. The molecule has 0 aliphatic carbocycles. The molecule has 1 aliphatic rings. The summed E-state index contributed by atoms with van der Waals surface area (Å²) in [5.74, 6) is -1.09. The molecular formula is C11H12O5. The van der Waals surface area contributed by atoms with Crippen LogP contribution in [0.4, 0.5) is 0 Å². The van der Waals surface area contributed by atoms with Gasteiger partial charge in [-0.1, -0.05) is 12.1 Å². The van der Waals surface area contributed by atoms with Gasteiger partial charge in [-0.2, -0.15) is 0 Å². The number of fused-ring (bicyclic) bond motifs is 1. The summed E-state index contributed by atoms with van der Waals surface area (Å²) in [7, 11) is 2.64. The summed E-state index contributed by atoms with van der Waals surface area (Å²) >= 11 is 0. The van der Waals surface area contributed by atoms with E-state index in [9.17, 15) is 4.79 Å². The third-order valence-corrected chi connectivity index (χ3v) is 2.37. The Hall–Kier alpha value is -1.75. The normalized spacial score (nSPS) is 22.6. The number of carbonyl (C=O) groups excluding carboxylic acids is 1. The van der Waals surface area contributed by atoms with Crippen LogP contribution < -0.4 is 9.47 Å². The molecule has 5 nitrogen and oxygen atoms in total. The van der Waals surface area contributed by atoms with Gasteiger partial charge in [-0.05, 0) is 12.1 Å². The van der Waals surface area contributed by atoms with Gasteiger partial charge in [0, 0.05) is 7.11 Å². The van der Waals surface area contributed by atoms with Crippen molar-refractivity contribution in [1.29, 1.82) is 0 Å². The van der Waals surface area contributed by atoms with Gasteiger partial charge in [-0.3, -0.25) is 0 Å². The number of carbonyl (C=O) groups is 1. The Labute approximate surface area is 92.9 Å². The van der Waals surface area contributed by atoms with Crippen LogP contribution in [0.15, 0.2) is 24.3 Å². The highest BCUT2D eigenvalue weighted by molar-refractivity contribution is 5.79. The van der Waals surface area contributed by atoms with E-state index in [1.807, 2.05) is 6.07 Å². The molecule has 0 N–H and O–H groups in total. The average molecular weight is 224 g/mol. The van der Waals surface area contributed by atoms with E-state index in [0.29, 0.717) is 11.5 Å². The van der Waals surface area contributed by atoms with Crippen LogP contribution in [0.3, 0.4) is 0 Å². The van der Waals surface area contributed by atoms with Gasteiger partial charge in [0.05, 0.1) is 7.11 Å². The quantitative estimate of drug-likeness (QED) is 0.701. The minimum atomic E-state index is -1.51. The Kier molecular flexibility index (Phi) is 2.70. The molecule has 0 aromatic heterocycles. The fraction of sp³-hybridized carbons (Fsp3) is 0.364. The van der Waals surface area contributed by atoms with Crippen molar-refractivity contribution in [1.82, 2.24) is 0 Å². The molecule has 0 unspecified atom stereocenters. The maximum atomic E-state index is 11.6. The number of rotatable bonds is 2. The van der Waals surface area contributed by atoms with Crippen LogP contribution in [0.25, 0.3) is 0 Å². The molecule has 2 rings (SSSR count). The third kappa shape index (κ3) is 1.59. The molecule has 0 bridgehead atoms. The SMILES string of the molecule is COC(=O)[C@]1(OC)COc2ccccc2O1. The van der Waals surface area contributed by atoms with Crippen LogP contribution in [0.5, 0.6) is 11.5 Å². The molecule has 0 spiro atoms. The number of esters is 1. The number of hydrogen-bond donors (Lipinski definition) is 0. The Morgan fingerprint density at radius 2 is 2.00 bits per heavy atom. The van der Waals surface area contributed by atoms with Crippen molar-refractivity contribution >= 4 is 5.97 Å². The number of ether oxygens (including phenoxy) is 4. The molecule has 1 aromatic rings. The number of methoxy groups -OCH3 is 2. The van der Waals surface area contributed by atoms with Gasteiger partial charge in [0.1, 0.15) is 0 Å². The summed E-state index contributed by atoms with van der Waals surface area (Å²) in [6, 6.07) is 7.06. The van der Waals surface area contributed by atoms with E-state index in [-0.39, 0.29) is 6.61 Å². The fourth-order valence-corrected chi connectivity index (χ4v) is 1.47. The Morgan fingerprint density at radius 1 is 1.31 bits per heavy atom. The summed E-state index contributed by atoms with van der Waals surface area (Å²) in [4.78, 5) is 11.6. The summed E-state index contributed by atoms with van der Waals surface area (Å²) < 4.78 is 20.6. The first kappa shape index (κ1) is 10.8. The molecule has 1 aromatic carbocycles. The van der Waals surface area contributed by atoms with E-state index in [0.717, 1.165) is 0 Å². The highest BCUT2D eigenvalue weighted by atomic mass is 16.8. The predicted octanol–water partition coefficient (Wildman–Crippen LogP) is 0.973. The van der Waals surface area contributed by atoms with Gasteiger partial charge in [0.15, 0.2) is 18.1 Å². The molecule has 86 valence electrons. The molecule has 1 atom stereocenters. The van der Waals surface area contributed by atoms with Gasteiger partial charge >= 0.3 is 11.8 Å². The average Bonchev–Trinajstić information content (AvgIpc) is 2.37. The second kappa shape index (κ2) is 4.02. The van der Waals surface area contributed by atoms with E-state index in [4.69, 9.17) is 14.2 Å².